The highest BCUT2D eigenvalue weighted by Crippen LogP contribution is 2.18. The first-order valence-corrected chi connectivity index (χ1v) is 12.2. The molecule has 2 aliphatic heterocycles. The van der Waals surface area contributed by atoms with Gasteiger partial charge in [-0.3, -0.25) is 0 Å². The summed E-state index contributed by atoms with van der Waals surface area (Å²) in [5.74, 6) is 2.80. The molecule has 0 radical (unpaired) electrons. The maximum Gasteiger partial charge on any atom is 0.00104 e. The lowest BCUT2D eigenvalue weighted by atomic mass is 9.92. The van der Waals surface area contributed by atoms with Gasteiger partial charge in [-0.25, -0.2) is 0 Å². The maximum absolute atomic E-state index is 3.55. The van der Waals surface area contributed by atoms with Crippen molar-refractivity contribution in [3.63, 3.8) is 0 Å². The molecule has 0 spiro atoms. The van der Waals surface area contributed by atoms with Gasteiger partial charge in [0.25, 0.3) is 0 Å². The average molecular weight is 382 g/mol. The van der Waals surface area contributed by atoms with Crippen LogP contribution in [0, 0.1) is 17.8 Å². The molecule has 0 amide bonds. The highest BCUT2D eigenvalue weighted by atomic mass is 15.1. The Bertz CT molecular complexity index is 316. The van der Waals surface area contributed by atoms with Crippen molar-refractivity contribution in [2.45, 2.75) is 98.4 Å². The summed E-state index contributed by atoms with van der Waals surface area (Å²) in [5.41, 5.74) is 0. The molecule has 0 aromatic carbocycles. The van der Waals surface area contributed by atoms with Crippen LogP contribution in [0.5, 0.6) is 0 Å². The normalized spacial score (nSPS) is 22.1. The van der Waals surface area contributed by atoms with Crippen LogP contribution in [0.1, 0.15) is 92.4 Å². The molecule has 2 N–H and O–H groups in total. The van der Waals surface area contributed by atoms with Gasteiger partial charge >= 0.3 is 0 Å². The quantitative estimate of drug-likeness (QED) is 0.537. The van der Waals surface area contributed by atoms with Crippen LogP contribution < -0.4 is 10.6 Å². The lowest BCUT2D eigenvalue weighted by Crippen LogP contribution is -2.39. The van der Waals surface area contributed by atoms with E-state index in [1.54, 1.807) is 0 Å². The van der Waals surface area contributed by atoms with Gasteiger partial charge in [0.05, 0.1) is 0 Å². The van der Waals surface area contributed by atoms with Gasteiger partial charge < -0.3 is 15.5 Å². The molecule has 162 valence electrons. The van der Waals surface area contributed by atoms with Gasteiger partial charge in [0, 0.05) is 6.04 Å². The third kappa shape index (κ3) is 13.7. The van der Waals surface area contributed by atoms with Gasteiger partial charge in [-0.1, -0.05) is 53.9 Å². The lowest BCUT2D eigenvalue weighted by molar-refractivity contribution is 0.179. The zero-order valence-corrected chi connectivity index (χ0v) is 19.4. The molecule has 0 aromatic heterocycles. The molecule has 3 nitrogen and oxygen atoms in total. The van der Waals surface area contributed by atoms with Crippen molar-refractivity contribution < 1.29 is 0 Å². The molecule has 27 heavy (non-hydrogen) atoms. The Labute approximate surface area is 171 Å². The van der Waals surface area contributed by atoms with Crippen LogP contribution in [0.15, 0.2) is 0 Å². The van der Waals surface area contributed by atoms with E-state index in [-0.39, 0.29) is 0 Å². The summed E-state index contributed by atoms with van der Waals surface area (Å²) in [5, 5.41) is 7.03. The largest absolute Gasteiger partial charge is 0.316 e. The summed E-state index contributed by atoms with van der Waals surface area (Å²) in [6.07, 6.45) is 12.6. The second-order valence-corrected chi connectivity index (χ2v) is 9.74. The number of hydrogen-bond acceptors (Lipinski definition) is 3. The summed E-state index contributed by atoms with van der Waals surface area (Å²) in [6.45, 7) is 19.1. The maximum atomic E-state index is 3.55. The van der Waals surface area contributed by atoms with Crippen molar-refractivity contribution in [3.8, 4) is 0 Å². The van der Waals surface area contributed by atoms with E-state index < -0.39 is 0 Å². The van der Waals surface area contributed by atoms with Gasteiger partial charge in [-0.05, 0) is 95.5 Å². The van der Waals surface area contributed by atoms with Crippen LogP contribution in [-0.4, -0.2) is 50.2 Å². The molecule has 3 heteroatoms. The molecule has 1 atom stereocenters. The molecule has 2 fully saturated rings. The third-order valence-electron chi connectivity index (χ3n) is 6.14. The number of unbranched alkanes of at least 4 members (excludes halogenated alkanes) is 1. The SMILES string of the molecule is CC(C)CCCC1CCCNC1.CCCCN1CCC(CNC(C)C)CC1. The topological polar surface area (TPSA) is 27.3 Å². The van der Waals surface area contributed by atoms with E-state index in [1.807, 2.05) is 0 Å². The molecule has 2 rings (SSSR count). The minimum atomic E-state index is 0.642. The highest BCUT2D eigenvalue weighted by molar-refractivity contribution is 4.74. The molecule has 1 unspecified atom stereocenters. The number of piperidine rings is 2. The summed E-state index contributed by atoms with van der Waals surface area (Å²) in [7, 11) is 0. The summed E-state index contributed by atoms with van der Waals surface area (Å²) >= 11 is 0. The second kappa shape index (κ2) is 15.8. The van der Waals surface area contributed by atoms with Gasteiger partial charge in [-0.15, -0.1) is 0 Å². The van der Waals surface area contributed by atoms with E-state index in [0.29, 0.717) is 6.04 Å². The molecule has 0 bridgehead atoms. The first kappa shape index (κ1) is 24.9. The lowest BCUT2D eigenvalue weighted by Gasteiger charge is -2.32. The average Bonchev–Trinajstić information content (AvgIpc) is 2.66. The second-order valence-electron chi connectivity index (χ2n) is 9.74. The fourth-order valence-corrected chi connectivity index (χ4v) is 4.18. The minimum Gasteiger partial charge on any atom is -0.316 e. The molecule has 2 heterocycles. The van der Waals surface area contributed by atoms with Gasteiger partial charge in [0.1, 0.15) is 0 Å². The fraction of sp³-hybridized carbons (Fsp3) is 1.00. The van der Waals surface area contributed by atoms with Gasteiger partial charge in [0.2, 0.25) is 0 Å². The summed E-state index contributed by atoms with van der Waals surface area (Å²) in [4.78, 5) is 2.63. The van der Waals surface area contributed by atoms with Gasteiger partial charge in [-0.2, -0.15) is 0 Å². The third-order valence-corrected chi connectivity index (χ3v) is 6.14. The van der Waals surface area contributed by atoms with Crippen LogP contribution in [0.3, 0.4) is 0 Å². The predicted molar refractivity (Wildman–Crippen MR) is 121 cm³/mol. The number of nitrogens with one attached hydrogen (secondary N) is 2. The smallest absolute Gasteiger partial charge is 0.00104 e. The molecular weight excluding hydrogens is 330 g/mol. The van der Waals surface area contributed by atoms with E-state index in [9.17, 15) is 0 Å². The predicted octanol–water partition coefficient (Wildman–Crippen LogP) is 5.31. The summed E-state index contributed by atoms with van der Waals surface area (Å²) in [6, 6.07) is 0.642. The highest BCUT2D eigenvalue weighted by Gasteiger charge is 2.18. The van der Waals surface area contributed by atoms with E-state index in [1.165, 1.54) is 97.1 Å². The molecule has 2 saturated heterocycles. The zero-order valence-electron chi connectivity index (χ0n) is 19.4. The summed E-state index contributed by atoms with van der Waals surface area (Å²) < 4.78 is 0. The molecular formula is C24H51N3. The number of nitrogens with zero attached hydrogens (tertiary/aromatic N) is 1. The molecule has 2 aliphatic rings. The first-order chi connectivity index (χ1) is 13.0. The fourth-order valence-electron chi connectivity index (χ4n) is 4.18. The molecule has 0 aromatic rings. The van der Waals surface area contributed by atoms with Crippen LogP contribution in [0.25, 0.3) is 0 Å². The Morgan fingerprint density at radius 3 is 2.30 bits per heavy atom. The van der Waals surface area contributed by atoms with Crippen LogP contribution in [0.4, 0.5) is 0 Å². The minimum absolute atomic E-state index is 0.642. The van der Waals surface area contributed by atoms with Crippen molar-refractivity contribution >= 4 is 0 Å². The Balaban J connectivity index is 0.000000277. The Morgan fingerprint density at radius 2 is 1.74 bits per heavy atom. The van der Waals surface area contributed by atoms with Crippen molar-refractivity contribution in [2.24, 2.45) is 17.8 Å². The van der Waals surface area contributed by atoms with Crippen LogP contribution >= 0.6 is 0 Å². The van der Waals surface area contributed by atoms with E-state index in [2.05, 4.69) is 50.2 Å². The van der Waals surface area contributed by atoms with Crippen molar-refractivity contribution in [3.05, 3.63) is 0 Å². The van der Waals surface area contributed by atoms with E-state index in [0.717, 1.165) is 17.8 Å². The molecule has 0 saturated carbocycles. The number of likely N-dealkylation sites (tertiary alicyclic amines) is 1. The van der Waals surface area contributed by atoms with Crippen molar-refractivity contribution in [1.82, 2.24) is 15.5 Å². The zero-order chi connectivity index (χ0) is 19.9. The molecule has 0 aliphatic carbocycles. The van der Waals surface area contributed by atoms with Crippen molar-refractivity contribution in [2.75, 3.05) is 39.3 Å². The van der Waals surface area contributed by atoms with E-state index >= 15 is 0 Å². The Hall–Kier alpha value is -0.120. The van der Waals surface area contributed by atoms with Gasteiger partial charge in [0.15, 0.2) is 0 Å². The van der Waals surface area contributed by atoms with Crippen molar-refractivity contribution in [1.29, 1.82) is 0 Å². The number of hydrogen-bond donors (Lipinski definition) is 2. The number of rotatable bonds is 10. The first-order valence-electron chi connectivity index (χ1n) is 12.2. The van der Waals surface area contributed by atoms with Crippen LogP contribution in [0.2, 0.25) is 0 Å². The monoisotopic (exact) mass is 381 g/mol. The van der Waals surface area contributed by atoms with E-state index in [4.69, 9.17) is 0 Å². The Kier molecular flexibility index (Phi) is 14.5. The van der Waals surface area contributed by atoms with Crippen LogP contribution in [-0.2, 0) is 0 Å². The standard InChI is InChI=1S/C13H28N2.C11H23N/c1-4-5-8-15-9-6-13(7-10-15)11-14-12(2)3;1-10(2)5-3-6-11-7-4-8-12-9-11/h12-14H,4-11H2,1-3H3;10-12H,3-9H2,1-2H3. The Morgan fingerprint density at radius 1 is 1.00 bits per heavy atom.